The Labute approximate surface area is 267 Å². The molecular formula is C34H51BN2O8. The molecule has 5 aliphatic rings. The Kier molecular flexibility index (Phi) is 9.54. The highest BCUT2D eigenvalue weighted by atomic mass is 16.7. The van der Waals surface area contributed by atoms with Gasteiger partial charge in [0, 0.05) is 12.5 Å². The third kappa shape index (κ3) is 7.14. The highest BCUT2D eigenvalue weighted by Gasteiger charge is 2.68. The lowest BCUT2D eigenvalue weighted by molar-refractivity contribution is -0.199. The number of carboxylic acids is 1. The Morgan fingerprint density at radius 1 is 1.11 bits per heavy atom. The molecule has 2 bridgehead atoms. The van der Waals surface area contributed by atoms with Gasteiger partial charge in [0.05, 0.1) is 24.8 Å². The van der Waals surface area contributed by atoms with Crippen molar-refractivity contribution in [2.45, 2.75) is 129 Å². The van der Waals surface area contributed by atoms with Crippen LogP contribution in [0.15, 0.2) is 18.2 Å². The zero-order valence-electron chi connectivity index (χ0n) is 27.9. The number of alkyl carbamates (subject to hydrolysis) is 1. The van der Waals surface area contributed by atoms with Crippen LogP contribution in [0.3, 0.4) is 0 Å². The van der Waals surface area contributed by atoms with E-state index in [2.05, 4.69) is 31.4 Å². The molecule has 11 heteroatoms. The maximum atomic E-state index is 13.5. The van der Waals surface area contributed by atoms with Crippen LogP contribution in [-0.2, 0) is 25.3 Å². The summed E-state index contributed by atoms with van der Waals surface area (Å²) in [6.45, 7) is 12.3. The first-order valence-corrected chi connectivity index (χ1v) is 16.6. The largest absolute Gasteiger partial charge is 0.496 e. The molecule has 1 heterocycles. The number of carbonyl (C=O) groups is 3. The van der Waals surface area contributed by atoms with Gasteiger partial charge in [-0.25, -0.2) is 9.59 Å². The minimum absolute atomic E-state index is 0.0459. The smallest absolute Gasteiger partial charge is 0.482 e. The van der Waals surface area contributed by atoms with Gasteiger partial charge in [-0.1, -0.05) is 26.0 Å². The van der Waals surface area contributed by atoms with Crippen molar-refractivity contribution in [1.29, 1.82) is 0 Å². The number of carboxylic acid groups (broad SMARTS) is 1. The standard InChI is InChI=1S/C34H51BN2O8/c1-32(2,3)43-31(41)36-23-14-11-20(12-15-23)13-16-28(38)37-27(17-21-9-8-10-24(30(39)40)29(21)42-7)35-44-26-19-22-18-25(33(22,4)5)34(26,6)45-35/h8-10,20,22-23,25-27H,11-19H2,1-7H3,(H,36,41)(H,37,38)(H,39,40)/t20?,22?,23?,25?,26?,27-,34?/m0/s1. The van der Waals surface area contributed by atoms with Crippen LogP contribution in [0.25, 0.3) is 0 Å². The molecule has 10 nitrogen and oxygen atoms in total. The van der Waals surface area contributed by atoms with Gasteiger partial charge in [0.25, 0.3) is 0 Å². The van der Waals surface area contributed by atoms with E-state index >= 15 is 0 Å². The van der Waals surface area contributed by atoms with Crippen LogP contribution >= 0.6 is 0 Å². The molecule has 4 saturated carbocycles. The summed E-state index contributed by atoms with van der Waals surface area (Å²) in [4.78, 5) is 37.5. The quantitative estimate of drug-likeness (QED) is 0.288. The summed E-state index contributed by atoms with van der Waals surface area (Å²) in [7, 11) is 0.802. The summed E-state index contributed by atoms with van der Waals surface area (Å²) in [6.07, 6.45) is 6.63. The van der Waals surface area contributed by atoms with Crippen LogP contribution < -0.4 is 15.4 Å². The average Bonchev–Trinajstić information content (AvgIpc) is 3.32. The third-order valence-electron chi connectivity index (χ3n) is 11.0. The minimum Gasteiger partial charge on any atom is -0.496 e. The first kappa shape index (κ1) is 33.6. The zero-order chi connectivity index (χ0) is 32.7. The molecule has 4 unspecified atom stereocenters. The van der Waals surface area contributed by atoms with Gasteiger partial charge in [-0.2, -0.15) is 0 Å². The Morgan fingerprint density at radius 3 is 2.44 bits per heavy atom. The number of carbonyl (C=O) groups excluding carboxylic acids is 2. The molecule has 6 rings (SSSR count). The molecule has 248 valence electrons. The molecule has 0 spiro atoms. The van der Waals surface area contributed by atoms with Crippen molar-refractivity contribution in [2.24, 2.45) is 23.2 Å². The van der Waals surface area contributed by atoms with Gasteiger partial charge in [-0.15, -0.1) is 0 Å². The molecule has 0 radical (unpaired) electrons. The molecule has 1 saturated heterocycles. The van der Waals surface area contributed by atoms with Gasteiger partial charge in [-0.05, 0) is 114 Å². The predicted molar refractivity (Wildman–Crippen MR) is 170 cm³/mol. The maximum Gasteiger partial charge on any atom is 0.482 e. The van der Waals surface area contributed by atoms with E-state index in [9.17, 15) is 19.5 Å². The topological polar surface area (TPSA) is 132 Å². The van der Waals surface area contributed by atoms with Crippen LogP contribution in [0, 0.1) is 23.2 Å². The monoisotopic (exact) mass is 626 g/mol. The van der Waals surface area contributed by atoms with E-state index in [1.807, 2.05) is 26.8 Å². The Bertz CT molecular complexity index is 1270. The van der Waals surface area contributed by atoms with Crippen LogP contribution in [0.1, 0.15) is 109 Å². The molecule has 2 amide bonds. The second kappa shape index (κ2) is 12.8. The van der Waals surface area contributed by atoms with E-state index in [0.29, 0.717) is 36.2 Å². The maximum absolute atomic E-state index is 13.5. The lowest BCUT2D eigenvalue weighted by Gasteiger charge is -2.64. The molecule has 0 aromatic heterocycles. The molecule has 1 aliphatic heterocycles. The van der Waals surface area contributed by atoms with Crippen LogP contribution in [0.5, 0.6) is 5.75 Å². The molecule has 3 N–H and O–H groups in total. The Balaban J connectivity index is 1.23. The van der Waals surface area contributed by atoms with Crippen molar-refractivity contribution in [3.63, 3.8) is 0 Å². The van der Waals surface area contributed by atoms with Gasteiger partial charge < -0.3 is 34.5 Å². The van der Waals surface area contributed by atoms with E-state index in [1.165, 1.54) is 13.2 Å². The van der Waals surface area contributed by atoms with Crippen LogP contribution in [0.2, 0.25) is 0 Å². The summed E-state index contributed by atoms with van der Waals surface area (Å²) < 4.78 is 24.3. The fraction of sp³-hybridized carbons (Fsp3) is 0.735. The lowest BCUT2D eigenvalue weighted by atomic mass is 9.43. The summed E-state index contributed by atoms with van der Waals surface area (Å²) in [6, 6.07) is 5.13. The molecular weight excluding hydrogens is 575 g/mol. The lowest BCUT2D eigenvalue weighted by Crippen LogP contribution is -2.65. The van der Waals surface area contributed by atoms with E-state index in [1.54, 1.807) is 6.07 Å². The van der Waals surface area contributed by atoms with Gasteiger partial charge in [0.15, 0.2) is 0 Å². The second-order valence-electron chi connectivity index (χ2n) is 15.4. The highest BCUT2D eigenvalue weighted by Crippen LogP contribution is 2.65. The fourth-order valence-corrected chi connectivity index (χ4v) is 8.36. The fourth-order valence-electron chi connectivity index (χ4n) is 8.36. The highest BCUT2D eigenvalue weighted by molar-refractivity contribution is 6.48. The minimum atomic E-state index is -1.07. The summed E-state index contributed by atoms with van der Waals surface area (Å²) in [5.41, 5.74) is -0.0328. The molecule has 5 atom stereocenters. The number of amides is 2. The molecule has 1 aromatic carbocycles. The van der Waals surface area contributed by atoms with Gasteiger partial charge >= 0.3 is 19.2 Å². The number of hydrogen-bond acceptors (Lipinski definition) is 7. The predicted octanol–water partition coefficient (Wildman–Crippen LogP) is 5.55. The van der Waals surface area contributed by atoms with Gasteiger partial charge in [0.2, 0.25) is 5.91 Å². The van der Waals surface area contributed by atoms with Crippen LogP contribution in [-0.4, -0.2) is 66.6 Å². The van der Waals surface area contributed by atoms with Crippen molar-refractivity contribution < 1.29 is 38.3 Å². The Morgan fingerprint density at radius 2 is 1.82 bits per heavy atom. The van der Waals surface area contributed by atoms with Crippen molar-refractivity contribution in [3.8, 4) is 5.75 Å². The number of nitrogens with one attached hydrogen (secondary N) is 2. The van der Waals surface area contributed by atoms with Crippen LogP contribution in [0.4, 0.5) is 4.79 Å². The number of benzene rings is 1. The Hall–Kier alpha value is -2.79. The van der Waals surface area contributed by atoms with Gasteiger partial charge in [-0.3, -0.25) is 4.79 Å². The van der Waals surface area contributed by atoms with Gasteiger partial charge in [0.1, 0.15) is 16.9 Å². The molecule has 1 aromatic rings. The number of para-hydroxylation sites is 1. The molecule has 4 aliphatic carbocycles. The molecule has 5 fully saturated rings. The first-order valence-electron chi connectivity index (χ1n) is 16.6. The first-order chi connectivity index (χ1) is 21.1. The third-order valence-corrected chi connectivity index (χ3v) is 11.0. The van der Waals surface area contributed by atoms with E-state index in [0.717, 1.165) is 44.9 Å². The van der Waals surface area contributed by atoms with E-state index in [4.69, 9.17) is 18.8 Å². The van der Waals surface area contributed by atoms with Crippen molar-refractivity contribution in [1.82, 2.24) is 10.6 Å². The van der Waals surface area contributed by atoms with Crippen molar-refractivity contribution in [2.75, 3.05) is 7.11 Å². The average molecular weight is 627 g/mol. The SMILES string of the molecule is COc1c(C[C@H](NC(=O)CCC2CCC(NC(=O)OC(C)(C)C)CC2)B2OC3CC4CC(C4(C)C)C3(C)O2)cccc1C(=O)O. The van der Waals surface area contributed by atoms with E-state index in [-0.39, 0.29) is 40.9 Å². The zero-order valence-corrected chi connectivity index (χ0v) is 27.9. The summed E-state index contributed by atoms with van der Waals surface area (Å²) >= 11 is 0. The van der Waals surface area contributed by atoms with Crippen molar-refractivity contribution in [3.05, 3.63) is 29.3 Å². The summed E-state index contributed by atoms with van der Waals surface area (Å²) in [5.74, 6) is -0.0259. The number of rotatable bonds is 10. The van der Waals surface area contributed by atoms with E-state index < -0.39 is 30.2 Å². The number of hydrogen-bond donors (Lipinski definition) is 3. The summed E-state index contributed by atoms with van der Waals surface area (Å²) in [5, 5.41) is 15.9. The number of ether oxygens (including phenoxy) is 2. The second-order valence-corrected chi connectivity index (χ2v) is 15.4. The normalized spacial score (nSPS) is 30.8. The van der Waals surface area contributed by atoms with Crippen molar-refractivity contribution >= 4 is 25.1 Å². The number of methoxy groups -OCH3 is 1. The number of aromatic carboxylic acids is 1. The molecule has 45 heavy (non-hydrogen) atoms.